The van der Waals surface area contributed by atoms with E-state index in [0.717, 1.165) is 18.4 Å². The van der Waals surface area contributed by atoms with Gasteiger partial charge in [0, 0.05) is 12.2 Å². The van der Waals surface area contributed by atoms with E-state index in [1.54, 1.807) is 6.07 Å². The van der Waals surface area contributed by atoms with Crippen LogP contribution in [-0.4, -0.2) is 41.4 Å². The number of anilines is 1. The van der Waals surface area contributed by atoms with Crippen LogP contribution in [0.5, 0.6) is 0 Å². The Labute approximate surface area is 117 Å². The van der Waals surface area contributed by atoms with Crippen molar-refractivity contribution in [3.8, 4) is 0 Å². The van der Waals surface area contributed by atoms with E-state index in [9.17, 15) is 9.59 Å². The fourth-order valence-corrected chi connectivity index (χ4v) is 2.31. The predicted octanol–water partition coefficient (Wildman–Crippen LogP) is 2.69. The Kier molecular flexibility index (Phi) is 4.45. The van der Waals surface area contributed by atoms with Crippen LogP contribution in [0.1, 0.15) is 18.4 Å². The minimum absolute atomic E-state index is 0.0873. The molecule has 0 spiro atoms. The minimum Gasteiger partial charge on any atom is -0.465 e. The topological polar surface area (TPSA) is 78.9 Å². The summed E-state index contributed by atoms with van der Waals surface area (Å²) in [6.45, 7) is 2.52. The number of hydrogen-bond acceptors (Lipinski definition) is 3. The van der Waals surface area contributed by atoms with E-state index in [1.807, 2.05) is 25.1 Å². The summed E-state index contributed by atoms with van der Waals surface area (Å²) in [5.74, 6) is 0. The largest absolute Gasteiger partial charge is 0.465 e. The lowest BCUT2D eigenvalue weighted by molar-refractivity contribution is 0.102. The SMILES string of the molecule is Cc1cccc(NC(=O)OCC2CCCN2C(=O)O)c1. The molecule has 0 bridgehead atoms. The molecule has 108 valence electrons. The molecule has 1 fully saturated rings. The van der Waals surface area contributed by atoms with Gasteiger partial charge in [0.05, 0.1) is 6.04 Å². The van der Waals surface area contributed by atoms with Gasteiger partial charge in [-0.25, -0.2) is 9.59 Å². The Balaban J connectivity index is 1.82. The fraction of sp³-hybridized carbons (Fsp3) is 0.429. The predicted molar refractivity (Wildman–Crippen MR) is 73.9 cm³/mol. The highest BCUT2D eigenvalue weighted by molar-refractivity contribution is 5.84. The number of carbonyl (C=O) groups is 2. The van der Waals surface area contributed by atoms with Crippen molar-refractivity contribution in [2.75, 3.05) is 18.5 Å². The normalized spacial score (nSPS) is 17.9. The maximum atomic E-state index is 11.7. The van der Waals surface area contributed by atoms with Gasteiger partial charge in [0.1, 0.15) is 6.61 Å². The molecule has 0 radical (unpaired) electrons. The van der Waals surface area contributed by atoms with E-state index in [0.29, 0.717) is 12.2 Å². The second-order valence-corrected chi connectivity index (χ2v) is 4.86. The molecule has 0 saturated carbocycles. The molecule has 2 N–H and O–H groups in total. The number of aryl methyl sites for hydroxylation is 1. The molecule has 1 unspecified atom stereocenters. The highest BCUT2D eigenvalue weighted by atomic mass is 16.5. The van der Waals surface area contributed by atoms with E-state index < -0.39 is 12.2 Å². The molecule has 6 heteroatoms. The molecule has 1 aromatic carbocycles. The van der Waals surface area contributed by atoms with E-state index in [4.69, 9.17) is 9.84 Å². The van der Waals surface area contributed by atoms with E-state index in [-0.39, 0.29) is 12.6 Å². The fourth-order valence-electron chi connectivity index (χ4n) is 2.31. The summed E-state index contributed by atoms with van der Waals surface area (Å²) in [5.41, 5.74) is 1.70. The van der Waals surface area contributed by atoms with Gasteiger partial charge >= 0.3 is 12.2 Å². The van der Waals surface area contributed by atoms with Crippen LogP contribution in [0.15, 0.2) is 24.3 Å². The van der Waals surface area contributed by atoms with E-state index in [1.165, 1.54) is 4.90 Å². The van der Waals surface area contributed by atoms with Gasteiger partial charge in [-0.2, -0.15) is 0 Å². The van der Waals surface area contributed by atoms with Gasteiger partial charge in [-0.05, 0) is 37.5 Å². The lowest BCUT2D eigenvalue weighted by atomic mass is 10.2. The van der Waals surface area contributed by atoms with Crippen molar-refractivity contribution in [2.45, 2.75) is 25.8 Å². The van der Waals surface area contributed by atoms with Gasteiger partial charge in [-0.1, -0.05) is 12.1 Å². The molecule has 1 atom stereocenters. The summed E-state index contributed by atoms with van der Waals surface area (Å²) >= 11 is 0. The summed E-state index contributed by atoms with van der Waals surface area (Å²) in [6, 6.07) is 7.14. The van der Waals surface area contributed by atoms with E-state index in [2.05, 4.69) is 5.32 Å². The number of amides is 2. The standard InChI is InChI=1S/C14H18N2O4/c1-10-4-2-5-11(8-10)15-13(17)20-9-12-6-3-7-16(12)14(18)19/h2,4-5,8,12H,3,6-7,9H2,1H3,(H,15,17)(H,18,19). The summed E-state index contributed by atoms with van der Waals surface area (Å²) in [5, 5.41) is 11.6. The molecule has 2 rings (SSSR count). The quantitative estimate of drug-likeness (QED) is 0.891. The van der Waals surface area contributed by atoms with Crippen molar-refractivity contribution in [2.24, 2.45) is 0 Å². The molecule has 1 aliphatic rings. The van der Waals surface area contributed by atoms with Crippen LogP contribution < -0.4 is 5.32 Å². The van der Waals surface area contributed by atoms with Gasteiger partial charge in [0.15, 0.2) is 0 Å². The van der Waals surface area contributed by atoms with Crippen molar-refractivity contribution in [1.82, 2.24) is 4.90 Å². The third kappa shape index (κ3) is 3.63. The first kappa shape index (κ1) is 14.2. The summed E-state index contributed by atoms with van der Waals surface area (Å²) in [4.78, 5) is 23.9. The zero-order chi connectivity index (χ0) is 14.5. The minimum atomic E-state index is -0.963. The molecule has 1 saturated heterocycles. The Morgan fingerprint density at radius 2 is 2.30 bits per heavy atom. The Hall–Kier alpha value is -2.24. The van der Waals surface area contributed by atoms with Gasteiger partial charge in [0.2, 0.25) is 0 Å². The second-order valence-electron chi connectivity index (χ2n) is 4.86. The first-order valence-corrected chi connectivity index (χ1v) is 6.56. The second kappa shape index (κ2) is 6.27. The number of carbonyl (C=O) groups excluding carboxylic acids is 1. The molecule has 1 heterocycles. The third-order valence-electron chi connectivity index (χ3n) is 3.29. The van der Waals surface area contributed by atoms with Crippen LogP contribution in [0.3, 0.4) is 0 Å². The van der Waals surface area contributed by atoms with Gasteiger partial charge < -0.3 is 14.7 Å². The van der Waals surface area contributed by atoms with Gasteiger partial charge in [-0.15, -0.1) is 0 Å². The van der Waals surface area contributed by atoms with E-state index >= 15 is 0 Å². The number of likely N-dealkylation sites (tertiary alicyclic amines) is 1. The maximum Gasteiger partial charge on any atom is 0.411 e. The Morgan fingerprint density at radius 1 is 1.50 bits per heavy atom. The lowest BCUT2D eigenvalue weighted by Gasteiger charge is -2.21. The van der Waals surface area contributed by atoms with Gasteiger partial charge in [-0.3, -0.25) is 5.32 Å². The number of benzene rings is 1. The molecule has 20 heavy (non-hydrogen) atoms. The first-order chi connectivity index (χ1) is 9.56. The average molecular weight is 278 g/mol. The number of carboxylic acid groups (broad SMARTS) is 1. The molecule has 2 amide bonds. The summed E-state index contributed by atoms with van der Waals surface area (Å²) in [7, 11) is 0. The molecular weight excluding hydrogens is 260 g/mol. The van der Waals surface area contributed by atoms with Crippen LogP contribution in [0.2, 0.25) is 0 Å². The van der Waals surface area contributed by atoms with Crippen LogP contribution in [0.4, 0.5) is 15.3 Å². The van der Waals surface area contributed by atoms with Crippen molar-refractivity contribution < 1.29 is 19.4 Å². The first-order valence-electron chi connectivity index (χ1n) is 6.56. The molecule has 6 nitrogen and oxygen atoms in total. The smallest absolute Gasteiger partial charge is 0.411 e. The highest BCUT2D eigenvalue weighted by Gasteiger charge is 2.29. The number of nitrogens with zero attached hydrogens (tertiary/aromatic N) is 1. The van der Waals surface area contributed by atoms with Crippen molar-refractivity contribution in [3.63, 3.8) is 0 Å². The van der Waals surface area contributed by atoms with Crippen molar-refractivity contribution in [1.29, 1.82) is 0 Å². The van der Waals surface area contributed by atoms with Crippen molar-refractivity contribution >= 4 is 17.9 Å². The maximum absolute atomic E-state index is 11.7. The molecule has 0 aliphatic carbocycles. The number of nitrogens with one attached hydrogen (secondary N) is 1. The lowest BCUT2D eigenvalue weighted by Crippen LogP contribution is -2.38. The zero-order valence-corrected chi connectivity index (χ0v) is 11.3. The number of ether oxygens (including phenoxy) is 1. The summed E-state index contributed by atoms with van der Waals surface area (Å²) in [6.07, 6.45) is 0.00663. The van der Waals surface area contributed by atoms with Crippen molar-refractivity contribution in [3.05, 3.63) is 29.8 Å². The molecule has 1 aliphatic heterocycles. The van der Waals surface area contributed by atoms with Gasteiger partial charge in [0.25, 0.3) is 0 Å². The molecule has 1 aromatic rings. The monoisotopic (exact) mass is 278 g/mol. The van der Waals surface area contributed by atoms with Crippen LogP contribution >= 0.6 is 0 Å². The highest BCUT2D eigenvalue weighted by Crippen LogP contribution is 2.17. The van der Waals surface area contributed by atoms with Crippen LogP contribution in [-0.2, 0) is 4.74 Å². The average Bonchev–Trinajstić information content (AvgIpc) is 2.85. The summed E-state index contributed by atoms with van der Waals surface area (Å²) < 4.78 is 5.10. The van der Waals surface area contributed by atoms with Crippen LogP contribution in [0, 0.1) is 6.92 Å². The third-order valence-corrected chi connectivity index (χ3v) is 3.29. The molecule has 0 aromatic heterocycles. The van der Waals surface area contributed by atoms with Crippen LogP contribution in [0.25, 0.3) is 0 Å². The number of rotatable bonds is 3. The molecular formula is C14H18N2O4. The number of hydrogen-bond donors (Lipinski definition) is 2. The Morgan fingerprint density at radius 3 is 3.00 bits per heavy atom. The zero-order valence-electron chi connectivity index (χ0n) is 11.3. The Bertz CT molecular complexity index is 504.